The maximum absolute atomic E-state index is 12.2. The van der Waals surface area contributed by atoms with Gasteiger partial charge in [-0.25, -0.2) is 18.1 Å². The predicted molar refractivity (Wildman–Crippen MR) is 68.9 cm³/mol. The molecule has 1 heterocycles. The Morgan fingerprint density at radius 2 is 2.05 bits per heavy atom. The molecule has 0 atom stereocenters. The number of hydrogen-bond donors (Lipinski definition) is 2. The zero-order valence-corrected chi connectivity index (χ0v) is 11.2. The molecule has 0 spiro atoms. The summed E-state index contributed by atoms with van der Waals surface area (Å²) in [5, 5.41) is 0. The van der Waals surface area contributed by atoms with Gasteiger partial charge in [0.25, 0.3) is 10.0 Å². The Balaban J connectivity index is 2.40. The summed E-state index contributed by atoms with van der Waals surface area (Å²) in [4.78, 5) is 6.47. The number of methoxy groups -OCH3 is 2. The van der Waals surface area contributed by atoms with Crippen LogP contribution in [-0.4, -0.2) is 32.6 Å². The van der Waals surface area contributed by atoms with E-state index in [1.807, 2.05) is 0 Å². The fourth-order valence-electron chi connectivity index (χ4n) is 1.50. The zero-order chi connectivity index (χ0) is 13.9. The number of rotatable bonds is 5. The number of hydrogen-bond acceptors (Lipinski definition) is 5. The molecule has 1 aromatic carbocycles. The van der Waals surface area contributed by atoms with Crippen molar-refractivity contribution in [3.05, 3.63) is 30.6 Å². The molecular weight excluding hydrogens is 270 g/mol. The van der Waals surface area contributed by atoms with Crippen molar-refractivity contribution in [1.29, 1.82) is 0 Å². The van der Waals surface area contributed by atoms with Crippen molar-refractivity contribution in [1.82, 2.24) is 9.97 Å². The smallest absolute Gasteiger partial charge is 0.267 e. The molecule has 2 rings (SSSR count). The van der Waals surface area contributed by atoms with Crippen molar-refractivity contribution < 1.29 is 17.9 Å². The van der Waals surface area contributed by atoms with Gasteiger partial charge in [-0.2, -0.15) is 0 Å². The van der Waals surface area contributed by atoms with Gasteiger partial charge >= 0.3 is 0 Å². The highest BCUT2D eigenvalue weighted by Crippen LogP contribution is 2.29. The Morgan fingerprint density at radius 3 is 2.63 bits per heavy atom. The molecule has 0 aliphatic carbocycles. The van der Waals surface area contributed by atoms with Crippen LogP contribution in [0.2, 0.25) is 0 Å². The number of H-pyrrole nitrogens is 1. The summed E-state index contributed by atoms with van der Waals surface area (Å²) in [6.45, 7) is 0. The Labute approximate surface area is 110 Å². The maximum atomic E-state index is 12.2. The molecule has 7 nitrogen and oxygen atoms in total. The minimum absolute atomic E-state index is 0.00667. The van der Waals surface area contributed by atoms with Gasteiger partial charge in [0, 0.05) is 18.5 Å². The van der Waals surface area contributed by atoms with E-state index in [0.717, 1.165) is 0 Å². The predicted octanol–water partition coefficient (Wildman–Crippen LogP) is 1.23. The van der Waals surface area contributed by atoms with E-state index >= 15 is 0 Å². The van der Waals surface area contributed by atoms with Gasteiger partial charge in [0.1, 0.15) is 16.4 Å². The lowest BCUT2D eigenvalue weighted by molar-refractivity contribution is 0.386. The lowest BCUT2D eigenvalue weighted by Crippen LogP contribution is -2.15. The van der Waals surface area contributed by atoms with Crippen LogP contribution in [-0.2, 0) is 10.0 Å². The lowest BCUT2D eigenvalue weighted by atomic mass is 10.3. The monoisotopic (exact) mass is 283 g/mol. The first-order valence-corrected chi connectivity index (χ1v) is 6.79. The Hall–Kier alpha value is -2.22. The fourth-order valence-corrected chi connectivity index (χ4v) is 2.63. The molecule has 0 aliphatic rings. The average Bonchev–Trinajstić information content (AvgIpc) is 2.89. The van der Waals surface area contributed by atoms with E-state index < -0.39 is 10.0 Å². The normalized spacial score (nSPS) is 11.1. The summed E-state index contributed by atoms with van der Waals surface area (Å²) in [6.07, 6.45) is 2.96. The highest BCUT2D eigenvalue weighted by atomic mass is 32.2. The average molecular weight is 283 g/mol. The molecule has 0 amide bonds. The van der Waals surface area contributed by atoms with Gasteiger partial charge in [-0.3, -0.25) is 0 Å². The zero-order valence-electron chi connectivity index (χ0n) is 10.4. The summed E-state index contributed by atoms with van der Waals surface area (Å²) in [6, 6.07) is 4.44. The number of ether oxygens (including phenoxy) is 2. The van der Waals surface area contributed by atoms with Gasteiger partial charge in [0.15, 0.2) is 0 Å². The summed E-state index contributed by atoms with van der Waals surface area (Å²) in [5.41, 5.74) is 0. The largest absolute Gasteiger partial charge is 0.497 e. The van der Waals surface area contributed by atoms with E-state index in [0.29, 0.717) is 5.75 Å². The summed E-state index contributed by atoms with van der Waals surface area (Å²) < 4.78 is 36.8. The molecule has 0 bridgehead atoms. The molecule has 0 aliphatic heterocycles. The SMILES string of the molecule is COc1ccc(S(=O)(=O)Nc2ncc[nH]2)c(OC)c1. The van der Waals surface area contributed by atoms with Crippen LogP contribution >= 0.6 is 0 Å². The minimum atomic E-state index is -3.78. The molecule has 0 saturated heterocycles. The number of nitrogens with zero attached hydrogens (tertiary/aromatic N) is 1. The third-order valence-corrected chi connectivity index (χ3v) is 3.77. The molecule has 8 heteroatoms. The summed E-state index contributed by atoms with van der Waals surface area (Å²) in [5.74, 6) is 0.838. The van der Waals surface area contributed by atoms with Crippen molar-refractivity contribution in [3.8, 4) is 11.5 Å². The second kappa shape index (κ2) is 5.19. The van der Waals surface area contributed by atoms with Gasteiger partial charge in [-0.15, -0.1) is 0 Å². The van der Waals surface area contributed by atoms with E-state index in [-0.39, 0.29) is 16.6 Å². The Kier molecular flexibility index (Phi) is 3.61. The fraction of sp³-hybridized carbons (Fsp3) is 0.182. The molecule has 2 aromatic rings. The van der Waals surface area contributed by atoms with E-state index in [4.69, 9.17) is 9.47 Å². The van der Waals surface area contributed by atoms with E-state index in [2.05, 4.69) is 14.7 Å². The molecule has 0 fully saturated rings. The standard InChI is InChI=1S/C11H13N3O4S/c1-17-8-3-4-10(9(7-8)18-2)19(15,16)14-11-12-5-6-13-11/h3-7H,1-2H3,(H2,12,13,14). The van der Waals surface area contributed by atoms with E-state index in [9.17, 15) is 8.42 Å². The minimum Gasteiger partial charge on any atom is -0.497 e. The molecule has 0 radical (unpaired) electrons. The Morgan fingerprint density at radius 1 is 1.26 bits per heavy atom. The van der Waals surface area contributed by atoms with Crippen molar-refractivity contribution >= 4 is 16.0 Å². The molecule has 102 valence electrons. The van der Waals surface area contributed by atoms with Crippen molar-refractivity contribution in [2.24, 2.45) is 0 Å². The molecule has 19 heavy (non-hydrogen) atoms. The number of aromatic nitrogens is 2. The molecule has 1 aromatic heterocycles. The number of aromatic amines is 1. The first-order chi connectivity index (χ1) is 9.06. The van der Waals surface area contributed by atoms with Crippen LogP contribution in [0.4, 0.5) is 5.95 Å². The van der Waals surface area contributed by atoms with Crippen molar-refractivity contribution in [2.75, 3.05) is 18.9 Å². The quantitative estimate of drug-likeness (QED) is 0.860. The first-order valence-electron chi connectivity index (χ1n) is 5.31. The second-order valence-corrected chi connectivity index (χ2v) is 5.21. The van der Waals surface area contributed by atoms with E-state index in [1.54, 1.807) is 6.07 Å². The van der Waals surface area contributed by atoms with Gasteiger partial charge < -0.3 is 14.5 Å². The van der Waals surface area contributed by atoms with Gasteiger partial charge in [-0.1, -0.05) is 0 Å². The highest BCUT2D eigenvalue weighted by Gasteiger charge is 2.21. The number of benzene rings is 1. The first kappa shape index (κ1) is 13.2. The number of nitrogens with one attached hydrogen (secondary N) is 2. The van der Waals surface area contributed by atoms with Crippen molar-refractivity contribution in [3.63, 3.8) is 0 Å². The third kappa shape index (κ3) is 2.79. The van der Waals surface area contributed by atoms with Crippen LogP contribution in [0.25, 0.3) is 0 Å². The topological polar surface area (TPSA) is 93.3 Å². The molecule has 2 N–H and O–H groups in total. The van der Waals surface area contributed by atoms with E-state index in [1.165, 1.54) is 38.7 Å². The van der Waals surface area contributed by atoms with Crippen LogP contribution in [0.5, 0.6) is 11.5 Å². The van der Waals surface area contributed by atoms with Crippen LogP contribution in [0.1, 0.15) is 0 Å². The van der Waals surface area contributed by atoms with Gasteiger partial charge in [-0.05, 0) is 12.1 Å². The summed E-state index contributed by atoms with van der Waals surface area (Å²) >= 11 is 0. The lowest BCUT2D eigenvalue weighted by Gasteiger charge is -2.11. The van der Waals surface area contributed by atoms with Crippen LogP contribution < -0.4 is 14.2 Å². The number of anilines is 1. The maximum Gasteiger partial charge on any atom is 0.267 e. The third-order valence-electron chi connectivity index (χ3n) is 2.39. The van der Waals surface area contributed by atoms with Gasteiger partial charge in [0.05, 0.1) is 14.2 Å². The number of imidazole rings is 1. The van der Waals surface area contributed by atoms with Crippen molar-refractivity contribution in [2.45, 2.75) is 4.90 Å². The van der Waals surface area contributed by atoms with Crippen LogP contribution in [0.15, 0.2) is 35.5 Å². The van der Waals surface area contributed by atoms with Gasteiger partial charge in [0.2, 0.25) is 5.95 Å². The summed E-state index contributed by atoms with van der Waals surface area (Å²) in [7, 11) is -0.896. The molecule has 0 saturated carbocycles. The van der Waals surface area contributed by atoms with Crippen LogP contribution in [0.3, 0.4) is 0 Å². The van der Waals surface area contributed by atoms with Crippen LogP contribution in [0, 0.1) is 0 Å². The molecule has 0 unspecified atom stereocenters. The molecular formula is C11H13N3O4S. The second-order valence-electron chi connectivity index (χ2n) is 3.56. The highest BCUT2D eigenvalue weighted by molar-refractivity contribution is 7.92. The Bertz CT molecular complexity index is 653. The number of sulfonamides is 1.